The van der Waals surface area contributed by atoms with Crippen LogP contribution in [0, 0.1) is 0 Å². The summed E-state index contributed by atoms with van der Waals surface area (Å²) in [5, 5.41) is 7.44. The van der Waals surface area contributed by atoms with Gasteiger partial charge in [-0.3, -0.25) is 0 Å². The number of ether oxygens (including phenoxy) is 1. The second-order valence-electron chi connectivity index (χ2n) is 6.92. The molecule has 0 amide bonds. The Bertz CT molecular complexity index is 981. The lowest BCUT2D eigenvalue weighted by Crippen LogP contribution is -2.29. The third-order valence-corrected chi connectivity index (χ3v) is 9.06. The van der Waals surface area contributed by atoms with Crippen molar-refractivity contribution in [1.82, 2.24) is 0 Å². The van der Waals surface area contributed by atoms with Gasteiger partial charge in [0.15, 0.2) is 0 Å². The lowest BCUT2D eigenvalue weighted by atomic mass is 10.3. The Morgan fingerprint density at radius 1 is 0.600 bits per heavy atom. The van der Waals surface area contributed by atoms with Gasteiger partial charge in [-0.1, -0.05) is 54.6 Å². The molecule has 0 aliphatic heterocycles. The van der Waals surface area contributed by atoms with E-state index < -0.39 is 7.26 Å². The van der Waals surface area contributed by atoms with E-state index in [1.165, 1.54) is 15.9 Å². The van der Waals surface area contributed by atoms with Gasteiger partial charge in [0.1, 0.15) is 28.9 Å². The van der Waals surface area contributed by atoms with Gasteiger partial charge in [0.2, 0.25) is 0 Å². The van der Waals surface area contributed by atoms with E-state index in [0.29, 0.717) is 0 Å². The number of rotatable bonds is 7. The van der Waals surface area contributed by atoms with Crippen LogP contribution in [-0.4, -0.2) is 7.11 Å². The summed E-state index contributed by atoms with van der Waals surface area (Å²) >= 11 is 0. The molecule has 0 saturated carbocycles. The van der Waals surface area contributed by atoms with Crippen LogP contribution in [0.2, 0.25) is 0 Å². The molecule has 0 aliphatic carbocycles. The fourth-order valence-electron chi connectivity index (χ4n) is 3.63. The van der Waals surface area contributed by atoms with Crippen LogP contribution in [0.5, 0.6) is 5.75 Å². The number of nitrogens with one attached hydrogen (secondary N) is 1. The van der Waals surface area contributed by atoms with Crippen LogP contribution in [0.3, 0.4) is 0 Å². The summed E-state index contributed by atoms with van der Waals surface area (Å²) in [5.74, 6) is 3.21. The van der Waals surface area contributed by atoms with Gasteiger partial charge in [-0.15, -0.1) is 0 Å². The average molecular weight is 410 g/mol. The predicted molar refractivity (Wildman–Crippen MR) is 131 cm³/mol. The second-order valence-corrected chi connectivity index (χ2v) is 10.2. The molecular weight excluding hydrogens is 385 g/mol. The SMILES string of the molecule is COc1ccc(N/C=C/[P+](c2ccccc2)(c2ccccc2)c2ccccc2)cc1. The molecule has 148 valence electrons. The van der Waals surface area contributed by atoms with E-state index >= 15 is 0 Å². The van der Waals surface area contributed by atoms with Crippen molar-refractivity contribution in [2.45, 2.75) is 0 Å². The van der Waals surface area contributed by atoms with Crippen LogP contribution in [0.1, 0.15) is 0 Å². The van der Waals surface area contributed by atoms with Crippen molar-refractivity contribution in [1.29, 1.82) is 0 Å². The molecule has 0 saturated heterocycles. The van der Waals surface area contributed by atoms with E-state index in [0.717, 1.165) is 11.4 Å². The van der Waals surface area contributed by atoms with E-state index in [9.17, 15) is 0 Å². The fourth-order valence-corrected chi connectivity index (χ4v) is 7.26. The summed E-state index contributed by atoms with van der Waals surface area (Å²) in [6.07, 6.45) is 2.09. The molecule has 0 unspecified atom stereocenters. The lowest BCUT2D eigenvalue weighted by Gasteiger charge is -2.24. The molecule has 0 spiro atoms. The molecule has 0 fully saturated rings. The first kappa shape index (κ1) is 19.9. The van der Waals surface area contributed by atoms with E-state index in [1.54, 1.807) is 7.11 Å². The zero-order chi connectivity index (χ0) is 20.7. The van der Waals surface area contributed by atoms with Crippen molar-refractivity contribution < 1.29 is 4.74 Å². The number of hydrogen-bond acceptors (Lipinski definition) is 2. The molecule has 4 aromatic rings. The fraction of sp³-hybridized carbons (Fsp3) is 0.0370. The molecule has 4 rings (SSSR count). The number of methoxy groups -OCH3 is 1. The first-order chi connectivity index (χ1) is 14.8. The van der Waals surface area contributed by atoms with Gasteiger partial charge < -0.3 is 10.1 Å². The van der Waals surface area contributed by atoms with Gasteiger partial charge in [-0.25, -0.2) is 0 Å². The normalized spacial score (nSPS) is 11.4. The number of anilines is 1. The monoisotopic (exact) mass is 410 g/mol. The minimum Gasteiger partial charge on any atom is -0.497 e. The quantitative estimate of drug-likeness (QED) is 0.402. The third-order valence-electron chi connectivity index (χ3n) is 5.13. The molecule has 0 bridgehead atoms. The Kier molecular flexibility index (Phi) is 6.27. The van der Waals surface area contributed by atoms with Crippen LogP contribution in [-0.2, 0) is 0 Å². The van der Waals surface area contributed by atoms with Crippen molar-refractivity contribution in [2.24, 2.45) is 0 Å². The molecule has 30 heavy (non-hydrogen) atoms. The van der Waals surface area contributed by atoms with E-state index in [1.807, 2.05) is 24.3 Å². The molecule has 2 nitrogen and oxygen atoms in total. The highest BCUT2D eigenvalue weighted by Crippen LogP contribution is 2.56. The number of hydrogen-bond donors (Lipinski definition) is 1. The third kappa shape index (κ3) is 4.15. The van der Waals surface area contributed by atoms with Gasteiger partial charge in [-0.2, -0.15) is 0 Å². The standard InChI is InChI=1S/C27H25NOP/c1-29-24-19-17-23(18-20-24)28-21-22-30(25-11-5-2-6-12-25,26-13-7-3-8-14-26)27-15-9-4-10-16-27/h2-22,28H,1H3/q+1/b22-21+. The molecule has 0 aromatic heterocycles. The van der Waals surface area contributed by atoms with Gasteiger partial charge in [0, 0.05) is 11.9 Å². The van der Waals surface area contributed by atoms with Gasteiger partial charge in [0.05, 0.1) is 12.9 Å². The highest BCUT2D eigenvalue weighted by Gasteiger charge is 2.43. The van der Waals surface area contributed by atoms with Gasteiger partial charge in [0.25, 0.3) is 0 Å². The highest BCUT2D eigenvalue weighted by atomic mass is 31.2. The molecule has 0 aliphatic rings. The maximum absolute atomic E-state index is 5.26. The van der Waals surface area contributed by atoms with E-state index in [2.05, 4.69) is 108 Å². The van der Waals surface area contributed by atoms with Crippen molar-refractivity contribution in [3.8, 4) is 5.75 Å². The number of benzene rings is 4. The molecule has 1 N–H and O–H groups in total. The van der Waals surface area contributed by atoms with Crippen LogP contribution in [0.4, 0.5) is 5.69 Å². The molecule has 0 heterocycles. The first-order valence-corrected chi connectivity index (χ1v) is 11.8. The van der Waals surface area contributed by atoms with Crippen LogP contribution < -0.4 is 26.0 Å². The van der Waals surface area contributed by atoms with Crippen molar-refractivity contribution in [3.63, 3.8) is 0 Å². The predicted octanol–water partition coefficient (Wildman–Crippen LogP) is 5.57. The van der Waals surface area contributed by atoms with E-state index in [-0.39, 0.29) is 0 Å². The van der Waals surface area contributed by atoms with Crippen molar-refractivity contribution in [2.75, 3.05) is 12.4 Å². The molecule has 4 aromatic carbocycles. The Hall–Kier alpha value is -3.35. The van der Waals surface area contributed by atoms with Gasteiger partial charge >= 0.3 is 0 Å². The lowest BCUT2D eigenvalue weighted by molar-refractivity contribution is 0.415. The summed E-state index contributed by atoms with van der Waals surface area (Å²) in [6.45, 7) is 0. The Balaban J connectivity index is 1.82. The second kappa shape index (κ2) is 9.43. The molecular formula is C27H25NOP+. The summed E-state index contributed by atoms with van der Waals surface area (Å²) in [4.78, 5) is 0. The molecule has 0 radical (unpaired) electrons. The zero-order valence-corrected chi connectivity index (χ0v) is 17.9. The Morgan fingerprint density at radius 3 is 1.43 bits per heavy atom. The van der Waals surface area contributed by atoms with Crippen LogP contribution in [0.25, 0.3) is 0 Å². The van der Waals surface area contributed by atoms with Crippen molar-refractivity contribution in [3.05, 3.63) is 127 Å². The smallest absolute Gasteiger partial charge is 0.138 e. The van der Waals surface area contributed by atoms with Crippen LogP contribution in [0.15, 0.2) is 127 Å². The minimum atomic E-state index is -1.97. The molecule has 0 atom stereocenters. The molecule has 3 heteroatoms. The summed E-state index contributed by atoms with van der Waals surface area (Å²) in [5.41, 5.74) is 1.03. The summed E-state index contributed by atoms with van der Waals surface area (Å²) in [7, 11) is -0.292. The summed E-state index contributed by atoms with van der Waals surface area (Å²) in [6, 6.07) is 40.4. The zero-order valence-electron chi connectivity index (χ0n) is 17.0. The first-order valence-electron chi connectivity index (χ1n) is 9.97. The maximum atomic E-state index is 5.26. The average Bonchev–Trinajstić information content (AvgIpc) is 2.84. The maximum Gasteiger partial charge on any atom is 0.138 e. The minimum absolute atomic E-state index is 0.851. The van der Waals surface area contributed by atoms with E-state index in [4.69, 9.17) is 4.74 Å². The summed E-state index contributed by atoms with van der Waals surface area (Å²) < 4.78 is 5.26. The Labute approximate surface area is 179 Å². The van der Waals surface area contributed by atoms with Crippen LogP contribution >= 0.6 is 7.26 Å². The largest absolute Gasteiger partial charge is 0.497 e. The van der Waals surface area contributed by atoms with Crippen molar-refractivity contribution >= 4 is 28.9 Å². The topological polar surface area (TPSA) is 21.3 Å². The highest BCUT2D eigenvalue weighted by molar-refractivity contribution is 7.98. The Morgan fingerprint density at radius 2 is 1.03 bits per heavy atom. The van der Waals surface area contributed by atoms with Gasteiger partial charge in [-0.05, 0) is 60.7 Å².